The van der Waals surface area contributed by atoms with Crippen LogP contribution in [0.3, 0.4) is 0 Å². The second-order valence-corrected chi connectivity index (χ2v) is 11.1. The van der Waals surface area contributed by atoms with Gasteiger partial charge in [0.15, 0.2) is 0 Å². The van der Waals surface area contributed by atoms with Crippen LogP contribution in [0.1, 0.15) is 46.6 Å². The van der Waals surface area contributed by atoms with Crippen molar-refractivity contribution in [3.8, 4) is 11.5 Å². The van der Waals surface area contributed by atoms with Crippen LogP contribution < -0.4 is 20.3 Å². The van der Waals surface area contributed by atoms with Gasteiger partial charge in [-0.05, 0) is 80.5 Å². The minimum Gasteiger partial charge on any atom is -0.497 e. The van der Waals surface area contributed by atoms with E-state index in [-0.39, 0.29) is 18.2 Å². The largest absolute Gasteiger partial charge is 0.497 e. The second kappa shape index (κ2) is 11.8. The van der Waals surface area contributed by atoms with Gasteiger partial charge in [-0.3, -0.25) is 9.78 Å². The quantitative estimate of drug-likeness (QED) is 0.269. The first-order valence-corrected chi connectivity index (χ1v) is 13.2. The van der Waals surface area contributed by atoms with Crippen molar-refractivity contribution in [1.29, 1.82) is 0 Å². The van der Waals surface area contributed by atoms with Crippen molar-refractivity contribution in [3.05, 3.63) is 76.8 Å². The zero-order valence-corrected chi connectivity index (χ0v) is 23.5. The first-order valence-electron chi connectivity index (χ1n) is 13.2. The number of carbonyl (C=O) groups is 1. The van der Waals surface area contributed by atoms with E-state index in [1.54, 1.807) is 30.1 Å². The number of fused-ring (bicyclic) bond motifs is 3. The molecule has 8 heteroatoms. The molecule has 2 aromatic carbocycles. The number of nitrogens with zero attached hydrogens (tertiary/aromatic N) is 2. The molecule has 0 aliphatic carbocycles. The zero-order valence-electron chi connectivity index (χ0n) is 23.5. The van der Waals surface area contributed by atoms with Crippen LogP contribution in [0.2, 0.25) is 0 Å². The van der Waals surface area contributed by atoms with Gasteiger partial charge in [-0.1, -0.05) is 26.0 Å². The molecule has 8 nitrogen and oxygen atoms in total. The van der Waals surface area contributed by atoms with Gasteiger partial charge in [-0.25, -0.2) is 4.79 Å². The maximum Gasteiger partial charge on any atom is 0.407 e. The van der Waals surface area contributed by atoms with E-state index in [1.165, 1.54) is 0 Å². The highest BCUT2D eigenvalue weighted by atomic mass is 16.6. The van der Waals surface area contributed by atoms with E-state index < -0.39 is 11.7 Å². The van der Waals surface area contributed by atoms with E-state index in [1.807, 2.05) is 63.2 Å². The minimum atomic E-state index is -0.588. The summed E-state index contributed by atoms with van der Waals surface area (Å²) < 4.78 is 18.5. The van der Waals surface area contributed by atoms with E-state index in [0.717, 1.165) is 34.0 Å². The number of benzene rings is 2. The lowest BCUT2D eigenvalue weighted by atomic mass is 10.0. The molecule has 0 fully saturated rings. The summed E-state index contributed by atoms with van der Waals surface area (Å²) in [5, 5.41) is 5.25. The smallest absolute Gasteiger partial charge is 0.407 e. The van der Waals surface area contributed by atoms with Crippen molar-refractivity contribution in [1.82, 2.24) is 14.9 Å². The average Bonchev–Trinajstić information content (AvgIpc) is 2.88. The molecule has 0 saturated heterocycles. The van der Waals surface area contributed by atoms with Gasteiger partial charge in [0, 0.05) is 11.6 Å². The molecule has 0 unspecified atom stereocenters. The highest BCUT2D eigenvalue weighted by molar-refractivity contribution is 6.05. The Morgan fingerprint density at radius 1 is 1.00 bits per heavy atom. The summed E-state index contributed by atoms with van der Waals surface area (Å²) in [5.74, 6) is 1.66. The number of amides is 1. The number of carbonyl (C=O) groups excluding carboxylic acids is 1. The van der Waals surface area contributed by atoms with Gasteiger partial charge in [-0.15, -0.1) is 0 Å². The van der Waals surface area contributed by atoms with Crippen molar-refractivity contribution >= 4 is 27.8 Å². The Kier molecular flexibility index (Phi) is 8.43. The SMILES string of the molecule is COc1ccc(Cn2c(=O)c3cc(OC[C@H](CC(C)C)NC(=O)OC(C)(C)C)ccc3c3ccncc32)cc1. The molecule has 0 aliphatic heterocycles. The highest BCUT2D eigenvalue weighted by Gasteiger charge is 2.21. The number of rotatable bonds is 9. The minimum absolute atomic E-state index is 0.127. The van der Waals surface area contributed by atoms with Gasteiger partial charge in [0.1, 0.15) is 23.7 Å². The van der Waals surface area contributed by atoms with E-state index in [2.05, 4.69) is 24.1 Å². The number of aromatic nitrogens is 2. The Balaban J connectivity index is 1.64. The summed E-state index contributed by atoms with van der Waals surface area (Å²) in [4.78, 5) is 30.4. The highest BCUT2D eigenvalue weighted by Crippen LogP contribution is 2.26. The Morgan fingerprint density at radius 3 is 2.38 bits per heavy atom. The normalized spacial score (nSPS) is 12.5. The van der Waals surface area contributed by atoms with E-state index in [9.17, 15) is 9.59 Å². The van der Waals surface area contributed by atoms with Crippen molar-refractivity contribution in [2.24, 2.45) is 5.92 Å². The van der Waals surface area contributed by atoms with Gasteiger partial charge in [-0.2, -0.15) is 0 Å². The molecule has 2 heterocycles. The van der Waals surface area contributed by atoms with Crippen LogP contribution in [0, 0.1) is 5.92 Å². The first kappa shape index (κ1) is 28.0. The van der Waals surface area contributed by atoms with Gasteiger partial charge in [0.05, 0.1) is 36.8 Å². The summed E-state index contributed by atoms with van der Waals surface area (Å²) in [6, 6.07) is 14.9. The van der Waals surface area contributed by atoms with Crippen LogP contribution in [0.25, 0.3) is 21.7 Å². The van der Waals surface area contributed by atoms with Gasteiger partial charge < -0.3 is 24.1 Å². The molecule has 4 rings (SSSR count). The lowest BCUT2D eigenvalue weighted by Gasteiger charge is -2.24. The third-order valence-electron chi connectivity index (χ3n) is 6.28. The Labute approximate surface area is 228 Å². The first-order chi connectivity index (χ1) is 18.5. The monoisotopic (exact) mass is 531 g/mol. The Hall–Kier alpha value is -4.07. The zero-order chi connectivity index (χ0) is 28.2. The van der Waals surface area contributed by atoms with Crippen LogP contribution in [0.5, 0.6) is 11.5 Å². The molecule has 1 amide bonds. The molecular formula is C31H37N3O5. The second-order valence-electron chi connectivity index (χ2n) is 11.1. The summed E-state index contributed by atoms with van der Waals surface area (Å²) >= 11 is 0. The maximum absolute atomic E-state index is 13.8. The third kappa shape index (κ3) is 7.07. The van der Waals surface area contributed by atoms with Crippen LogP contribution in [0.15, 0.2) is 65.7 Å². The van der Waals surface area contributed by atoms with Crippen LogP contribution in [-0.4, -0.2) is 41.0 Å². The number of nitrogens with one attached hydrogen (secondary N) is 1. The van der Waals surface area contributed by atoms with Crippen LogP contribution in [0.4, 0.5) is 4.79 Å². The van der Waals surface area contributed by atoms with Crippen molar-refractivity contribution in [3.63, 3.8) is 0 Å². The average molecular weight is 532 g/mol. The van der Waals surface area contributed by atoms with E-state index in [4.69, 9.17) is 14.2 Å². The number of pyridine rings is 2. The predicted octanol–water partition coefficient (Wildman–Crippen LogP) is 5.92. The number of hydrogen-bond acceptors (Lipinski definition) is 6. The topological polar surface area (TPSA) is 91.7 Å². The van der Waals surface area contributed by atoms with Crippen molar-refractivity contribution in [2.75, 3.05) is 13.7 Å². The number of ether oxygens (including phenoxy) is 3. The van der Waals surface area contributed by atoms with Gasteiger partial charge >= 0.3 is 6.09 Å². The summed E-state index contributed by atoms with van der Waals surface area (Å²) in [7, 11) is 1.63. The molecular weight excluding hydrogens is 494 g/mol. The lowest BCUT2D eigenvalue weighted by molar-refractivity contribution is 0.0480. The summed E-state index contributed by atoms with van der Waals surface area (Å²) in [6.07, 6.45) is 3.70. The molecule has 1 atom stereocenters. The fourth-order valence-electron chi connectivity index (χ4n) is 4.59. The molecule has 2 aromatic heterocycles. The maximum atomic E-state index is 13.8. The number of hydrogen-bond donors (Lipinski definition) is 1. The van der Waals surface area contributed by atoms with Crippen molar-refractivity contribution in [2.45, 2.75) is 59.2 Å². The third-order valence-corrected chi connectivity index (χ3v) is 6.28. The van der Waals surface area contributed by atoms with Crippen LogP contribution in [-0.2, 0) is 11.3 Å². The van der Waals surface area contributed by atoms with Gasteiger partial charge in [0.25, 0.3) is 5.56 Å². The molecule has 0 bridgehead atoms. The Morgan fingerprint density at radius 2 is 1.72 bits per heavy atom. The van der Waals surface area contributed by atoms with Crippen LogP contribution >= 0.6 is 0 Å². The fraction of sp³-hybridized carbons (Fsp3) is 0.387. The standard InChI is InChI=1S/C31H37N3O5/c1-20(2)15-22(33-30(36)39-31(3,4)5)19-38-24-11-12-25-26-13-14-32-17-28(26)34(29(35)27(25)16-24)18-21-7-9-23(37-6)10-8-21/h7-14,16-17,20,22H,15,18-19H2,1-6H3,(H,33,36)/t22-/m0/s1. The molecule has 206 valence electrons. The number of alkyl carbamates (subject to hydrolysis) is 1. The van der Waals surface area contributed by atoms with Crippen molar-refractivity contribution < 1.29 is 19.0 Å². The molecule has 0 saturated carbocycles. The summed E-state index contributed by atoms with van der Waals surface area (Å²) in [6.45, 7) is 10.3. The van der Waals surface area contributed by atoms with E-state index >= 15 is 0 Å². The number of methoxy groups -OCH3 is 1. The van der Waals surface area contributed by atoms with E-state index in [0.29, 0.717) is 23.6 Å². The molecule has 0 radical (unpaired) electrons. The lowest BCUT2D eigenvalue weighted by Crippen LogP contribution is -2.42. The molecule has 1 N–H and O–H groups in total. The molecule has 39 heavy (non-hydrogen) atoms. The molecule has 4 aromatic rings. The fourth-order valence-corrected chi connectivity index (χ4v) is 4.59. The molecule has 0 aliphatic rings. The molecule has 0 spiro atoms. The predicted molar refractivity (Wildman–Crippen MR) is 154 cm³/mol. The van der Waals surface area contributed by atoms with Gasteiger partial charge in [0.2, 0.25) is 0 Å². The Bertz CT molecular complexity index is 1500. The summed E-state index contributed by atoms with van der Waals surface area (Å²) in [5.41, 5.74) is 1.02.